The number of hydrogen-bond donors (Lipinski definition) is 1. The minimum atomic E-state index is -0.117. The lowest BCUT2D eigenvalue weighted by molar-refractivity contribution is -0.120. The van der Waals surface area contributed by atoms with Crippen molar-refractivity contribution in [1.82, 2.24) is 9.97 Å². The molecule has 0 spiro atoms. The van der Waals surface area contributed by atoms with Crippen molar-refractivity contribution >= 4 is 17.4 Å². The quantitative estimate of drug-likeness (QED) is 0.613. The Balaban J connectivity index is 1.47. The first-order valence-electron chi connectivity index (χ1n) is 10.8. The summed E-state index contributed by atoms with van der Waals surface area (Å²) in [6, 6.07) is 15.9. The van der Waals surface area contributed by atoms with Crippen LogP contribution in [0.15, 0.2) is 60.9 Å². The van der Waals surface area contributed by atoms with E-state index in [9.17, 15) is 4.79 Å². The second-order valence-electron chi connectivity index (χ2n) is 7.93. The first-order chi connectivity index (χ1) is 15.1. The number of amides is 1. The lowest BCUT2D eigenvalue weighted by atomic mass is 9.97. The second kappa shape index (κ2) is 9.60. The van der Waals surface area contributed by atoms with Crippen LogP contribution in [0.5, 0.6) is 11.6 Å². The number of carbonyl (C=O) groups excluding carboxylic acids is 1. The molecule has 0 saturated carbocycles. The number of hydrogen-bond acceptors (Lipinski definition) is 5. The Kier molecular flexibility index (Phi) is 6.46. The maximum absolute atomic E-state index is 12.9. The number of ether oxygens (including phenoxy) is 1. The fraction of sp³-hybridized carbons (Fsp3) is 0.320. The van der Waals surface area contributed by atoms with E-state index in [4.69, 9.17) is 4.74 Å². The molecule has 1 saturated heterocycles. The highest BCUT2D eigenvalue weighted by Gasteiger charge is 2.28. The number of rotatable bonds is 6. The van der Waals surface area contributed by atoms with Crippen molar-refractivity contribution < 1.29 is 9.53 Å². The fourth-order valence-corrected chi connectivity index (χ4v) is 3.82. The van der Waals surface area contributed by atoms with Crippen LogP contribution < -0.4 is 15.0 Å². The summed E-state index contributed by atoms with van der Waals surface area (Å²) in [4.78, 5) is 24.0. The second-order valence-corrected chi connectivity index (χ2v) is 7.93. The highest BCUT2D eigenvalue weighted by atomic mass is 16.5. The molecule has 1 atom stereocenters. The summed E-state index contributed by atoms with van der Waals surface area (Å²) in [5.41, 5.74) is 3.23. The van der Waals surface area contributed by atoms with Gasteiger partial charge in [0.15, 0.2) is 5.82 Å². The molecule has 1 aliphatic heterocycles. The number of anilines is 2. The van der Waals surface area contributed by atoms with Gasteiger partial charge in [0.2, 0.25) is 5.91 Å². The molecular weight excluding hydrogens is 388 g/mol. The Morgan fingerprint density at radius 1 is 1.16 bits per heavy atom. The Morgan fingerprint density at radius 2 is 1.97 bits per heavy atom. The molecule has 2 heterocycles. The van der Waals surface area contributed by atoms with Crippen LogP contribution in [0.2, 0.25) is 0 Å². The van der Waals surface area contributed by atoms with Crippen LogP contribution >= 0.6 is 0 Å². The summed E-state index contributed by atoms with van der Waals surface area (Å²) in [6.07, 6.45) is 5.99. The van der Waals surface area contributed by atoms with E-state index in [2.05, 4.69) is 33.2 Å². The average Bonchev–Trinajstić information content (AvgIpc) is 2.81. The number of benzene rings is 2. The van der Waals surface area contributed by atoms with E-state index in [-0.39, 0.29) is 11.8 Å². The Bertz CT molecular complexity index is 1040. The van der Waals surface area contributed by atoms with E-state index < -0.39 is 0 Å². The molecule has 1 N–H and O–H groups in total. The van der Waals surface area contributed by atoms with Crippen molar-refractivity contribution in [3.05, 3.63) is 72.1 Å². The molecule has 0 bridgehead atoms. The van der Waals surface area contributed by atoms with E-state index in [0.29, 0.717) is 18.2 Å². The third kappa shape index (κ3) is 5.20. The summed E-state index contributed by atoms with van der Waals surface area (Å²) >= 11 is 0. The molecule has 4 rings (SSSR count). The Hall–Kier alpha value is -3.41. The molecule has 6 nitrogen and oxygen atoms in total. The van der Waals surface area contributed by atoms with Gasteiger partial charge in [-0.05, 0) is 56.0 Å². The van der Waals surface area contributed by atoms with E-state index in [1.807, 2.05) is 49.4 Å². The zero-order valence-electron chi connectivity index (χ0n) is 18.0. The van der Waals surface area contributed by atoms with E-state index >= 15 is 0 Å². The van der Waals surface area contributed by atoms with Crippen molar-refractivity contribution in [2.45, 2.75) is 33.1 Å². The van der Waals surface area contributed by atoms with E-state index in [1.54, 1.807) is 12.4 Å². The number of aryl methyl sites for hydroxylation is 2. The molecule has 1 fully saturated rings. The van der Waals surface area contributed by atoms with Gasteiger partial charge in [-0.1, -0.05) is 36.8 Å². The SMILES string of the molecule is CCc1cccc(NC(=O)[C@H]2CCCN(c3nccnc3Oc3ccc(C)cc3)C2)c1. The molecule has 0 radical (unpaired) electrons. The van der Waals surface area contributed by atoms with Crippen molar-refractivity contribution in [2.75, 3.05) is 23.3 Å². The largest absolute Gasteiger partial charge is 0.436 e. The topological polar surface area (TPSA) is 67.4 Å². The number of nitrogens with one attached hydrogen (secondary N) is 1. The van der Waals surface area contributed by atoms with Crippen LogP contribution in [-0.2, 0) is 11.2 Å². The normalized spacial score (nSPS) is 16.1. The third-order valence-corrected chi connectivity index (χ3v) is 5.58. The summed E-state index contributed by atoms with van der Waals surface area (Å²) in [5, 5.41) is 3.09. The summed E-state index contributed by atoms with van der Waals surface area (Å²) in [5.74, 6) is 1.78. The summed E-state index contributed by atoms with van der Waals surface area (Å²) < 4.78 is 6.02. The molecule has 0 unspecified atom stereocenters. The van der Waals surface area contributed by atoms with Gasteiger partial charge < -0.3 is 15.0 Å². The highest BCUT2D eigenvalue weighted by molar-refractivity contribution is 5.93. The van der Waals surface area contributed by atoms with Crippen LogP contribution in [0.3, 0.4) is 0 Å². The molecule has 6 heteroatoms. The van der Waals surface area contributed by atoms with Crippen LogP contribution in [0.25, 0.3) is 0 Å². The standard InChI is InChI=1S/C25H28N4O2/c1-3-19-6-4-8-21(16-19)28-24(30)20-7-5-15-29(17-20)23-25(27-14-13-26-23)31-22-11-9-18(2)10-12-22/h4,6,8-14,16,20H,3,5,7,15,17H2,1-2H3,(H,28,30)/t20-/m0/s1. The van der Waals surface area contributed by atoms with Gasteiger partial charge in [-0.15, -0.1) is 0 Å². The molecule has 1 amide bonds. The molecule has 160 valence electrons. The van der Waals surface area contributed by atoms with Crippen molar-refractivity contribution in [2.24, 2.45) is 5.92 Å². The third-order valence-electron chi connectivity index (χ3n) is 5.58. The van der Waals surface area contributed by atoms with Crippen molar-refractivity contribution in [3.8, 4) is 11.6 Å². The highest BCUT2D eigenvalue weighted by Crippen LogP contribution is 2.31. The first-order valence-corrected chi connectivity index (χ1v) is 10.8. The predicted molar refractivity (Wildman–Crippen MR) is 123 cm³/mol. The minimum absolute atomic E-state index is 0.0443. The van der Waals surface area contributed by atoms with Crippen LogP contribution in [-0.4, -0.2) is 29.0 Å². The van der Waals surface area contributed by atoms with Gasteiger partial charge in [-0.25, -0.2) is 9.97 Å². The van der Waals surface area contributed by atoms with E-state index in [0.717, 1.165) is 37.2 Å². The van der Waals surface area contributed by atoms with Gasteiger partial charge in [0.1, 0.15) is 5.75 Å². The van der Waals surface area contributed by atoms with E-state index in [1.165, 1.54) is 11.1 Å². The summed E-state index contributed by atoms with van der Waals surface area (Å²) in [6.45, 7) is 5.55. The van der Waals surface area contributed by atoms with Gasteiger partial charge >= 0.3 is 0 Å². The first kappa shape index (κ1) is 20.8. The molecule has 3 aromatic rings. The summed E-state index contributed by atoms with van der Waals surface area (Å²) in [7, 11) is 0. The smallest absolute Gasteiger partial charge is 0.263 e. The van der Waals surface area contributed by atoms with Crippen LogP contribution in [0.1, 0.15) is 30.9 Å². The van der Waals surface area contributed by atoms with Crippen LogP contribution in [0, 0.1) is 12.8 Å². The number of carbonyl (C=O) groups is 1. The predicted octanol–water partition coefficient (Wildman–Crippen LogP) is 4.99. The lowest BCUT2D eigenvalue weighted by Gasteiger charge is -2.33. The molecular formula is C25H28N4O2. The maximum Gasteiger partial charge on any atom is 0.263 e. The Labute approximate surface area is 183 Å². The average molecular weight is 417 g/mol. The van der Waals surface area contributed by atoms with Crippen molar-refractivity contribution in [1.29, 1.82) is 0 Å². The molecule has 2 aromatic carbocycles. The van der Waals surface area contributed by atoms with Gasteiger partial charge in [-0.3, -0.25) is 4.79 Å². The van der Waals surface area contributed by atoms with Gasteiger partial charge in [0.05, 0.1) is 5.92 Å². The number of aromatic nitrogens is 2. The maximum atomic E-state index is 12.9. The van der Waals surface area contributed by atoms with Crippen molar-refractivity contribution in [3.63, 3.8) is 0 Å². The number of piperidine rings is 1. The van der Waals surface area contributed by atoms with Crippen LogP contribution in [0.4, 0.5) is 11.5 Å². The molecule has 1 aliphatic rings. The Morgan fingerprint density at radius 3 is 2.77 bits per heavy atom. The molecule has 0 aliphatic carbocycles. The molecule has 1 aromatic heterocycles. The molecule has 31 heavy (non-hydrogen) atoms. The van der Waals surface area contributed by atoms with Gasteiger partial charge in [0, 0.05) is 31.2 Å². The number of nitrogens with zero attached hydrogens (tertiary/aromatic N) is 3. The van der Waals surface area contributed by atoms with Gasteiger partial charge in [-0.2, -0.15) is 0 Å². The fourth-order valence-electron chi connectivity index (χ4n) is 3.82. The minimum Gasteiger partial charge on any atom is -0.436 e. The van der Waals surface area contributed by atoms with Gasteiger partial charge in [0.25, 0.3) is 5.88 Å². The zero-order valence-corrected chi connectivity index (χ0v) is 18.0. The monoisotopic (exact) mass is 416 g/mol. The lowest BCUT2D eigenvalue weighted by Crippen LogP contribution is -2.41. The zero-order chi connectivity index (χ0) is 21.6.